The van der Waals surface area contributed by atoms with Crippen LogP contribution >= 0.6 is 15.9 Å². The van der Waals surface area contributed by atoms with Crippen LogP contribution in [0, 0.1) is 0 Å². The highest BCUT2D eigenvalue weighted by Gasteiger charge is 2.03. The average molecular weight is 495 g/mol. The number of anilines is 1. The molecule has 0 saturated carbocycles. The number of esters is 1. The van der Waals surface area contributed by atoms with Crippen LogP contribution in [-0.4, -0.2) is 40.8 Å². The third kappa shape index (κ3) is 11.4. The van der Waals surface area contributed by atoms with Crippen LogP contribution in [0.4, 0.5) is 5.69 Å². The van der Waals surface area contributed by atoms with Crippen LogP contribution < -0.4 is 11.3 Å². The maximum absolute atomic E-state index is 11.2. The van der Waals surface area contributed by atoms with Gasteiger partial charge in [-0.25, -0.2) is 9.48 Å². The lowest BCUT2D eigenvalue weighted by Gasteiger charge is -2.16. The number of hydrogen-bond acceptors (Lipinski definition) is 6. The van der Waals surface area contributed by atoms with Gasteiger partial charge >= 0.3 is 5.97 Å². The molecular weight excluding hydrogens is 460 g/mol. The van der Waals surface area contributed by atoms with Gasteiger partial charge in [0.2, 0.25) is 0 Å². The van der Waals surface area contributed by atoms with Gasteiger partial charge in [0.25, 0.3) is 5.56 Å². The molecule has 1 aromatic carbocycles. The molecule has 8 heteroatoms. The molecule has 0 atom stereocenters. The number of ether oxygens (including phenoxy) is 1. The number of nitrogens with two attached hydrogens (primary N) is 1. The van der Waals surface area contributed by atoms with E-state index in [0.717, 1.165) is 0 Å². The van der Waals surface area contributed by atoms with E-state index >= 15 is 0 Å². The van der Waals surface area contributed by atoms with Crippen molar-refractivity contribution >= 4 is 27.6 Å². The molecule has 1 aliphatic heterocycles. The minimum Gasteiger partial charge on any atom is -0.462 e. The van der Waals surface area contributed by atoms with E-state index in [1.54, 1.807) is 19.1 Å². The van der Waals surface area contributed by atoms with E-state index in [-0.39, 0.29) is 11.5 Å². The van der Waals surface area contributed by atoms with Crippen molar-refractivity contribution in [2.24, 2.45) is 0 Å². The molecule has 7 nitrogen and oxygen atoms in total. The molecule has 0 aliphatic carbocycles. The molecule has 3 rings (SSSR count). The van der Waals surface area contributed by atoms with E-state index in [9.17, 15) is 9.59 Å². The zero-order valence-corrected chi connectivity index (χ0v) is 20.8. The van der Waals surface area contributed by atoms with Crippen molar-refractivity contribution in [2.75, 3.05) is 25.9 Å². The second-order valence-corrected chi connectivity index (χ2v) is 6.92. The van der Waals surface area contributed by atoms with Crippen molar-refractivity contribution in [3.8, 4) is 0 Å². The maximum Gasteiger partial charge on any atom is 0.338 e. The monoisotopic (exact) mass is 494 g/mol. The Labute approximate surface area is 194 Å². The second kappa shape index (κ2) is 17.1. The van der Waals surface area contributed by atoms with Gasteiger partial charge in [0.1, 0.15) is 4.47 Å². The number of allylic oxidation sites excluding steroid dienone is 1. The van der Waals surface area contributed by atoms with Crippen molar-refractivity contribution in [1.29, 1.82) is 0 Å². The predicted molar refractivity (Wildman–Crippen MR) is 131 cm³/mol. The molecule has 0 unspecified atom stereocenters. The molecule has 1 aromatic heterocycles. The molecule has 2 heterocycles. The van der Waals surface area contributed by atoms with Crippen molar-refractivity contribution in [2.45, 2.75) is 47.1 Å². The zero-order valence-electron chi connectivity index (χ0n) is 19.2. The minimum absolute atomic E-state index is 0.187. The Bertz CT molecular complexity index is 838. The van der Waals surface area contributed by atoms with E-state index in [1.807, 2.05) is 39.0 Å². The maximum atomic E-state index is 11.2. The molecule has 31 heavy (non-hydrogen) atoms. The fourth-order valence-corrected chi connectivity index (χ4v) is 2.59. The topological polar surface area (TPSA) is 90.5 Å². The number of carbonyl (C=O) groups is 1. The summed E-state index contributed by atoms with van der Waals surface area (Å²) in [6, 6.07) is 8.96. The summed E-state index contributed by atoms with van der Waals surface area (Å²) < 4.78 is 6.51. The first-order valence-electron chi connectivity index (χ1n) is 10.5. The van der Waals surface area contributed by atoms with Crippen LogP contribution in [0.1, 0.15) is 50.9 Å². The quantitative estimate of drug-likeness (QED) is 0.620. The second-order valence-electron chi connectivity index (χ2n) is 6.13. The molecule has 1 aliphatic rings. The Morgan fingerprint density at radius 3 is 2.32 bits per heavy atom. The molecule has 2 aromatic rings. The summed E-state index contributed by atoms with van der Waals surface area (Å²) in [5.74, 6) is -0.256. The largest absolute Gasteiger partial charge is 0.462 e. The van der Waals surface area contributed by atoms with Crippen LogP contribution in [0.5, 0.6) is 0 Å². The minimum atomic E-state index is -0.256. The highest BCUT2D eigenvalue weighted by Crippen LogP contribution is 2.10. The number of aryl methyl sites for hydroxylation is 1. The van der Waals surface area contributed by atoms with Gasteiger partial charge in [-0.05, 0) is 61.0 Å². The van der Waals surface area contributed by atoms with Crippen molar-refractivity contribution in [3.63, 3.8) is 0 Å². The Hall–Kier alpha value is -2.61. The molecule has 0 saturated heterocycles. The van der Waals surface area contributed by atoms with Gasteiger partial charge in [0.15, 0.2) is 0 Å². The van der Waals surface area contributed by atoms with E-state index in [0.29, 0.717) is 28.9 Å². The summed E-state index contributed by atoms with van der Waals surface area (Å²) in [4.78, 5) is 24.4. The summed E-state index contributed by atoms with van der Waals surface area (Å²) in [6.07, 6.45) is 8.40. The normalized spacial score (nSPS) is 11.6. The third-order valence-electron chi connectivity index (χ3n) is 3.84. The van der Waals surface area contributed by atoms with Crippen LogP contribution in [-0.2, 0) is 11.3 Å². The number of nitrogen functional groups attached to an aromatic ring is 1. The lowest BCUT2D eigenvalue weighted by atomic mass is 10.2. The van der Waals surface area contributed by atoms with E-state index in [2.05, 4.69) is 45.3 Å². The number of rotatable bonds is 3. The Morgan fingerprint density at radius 1 is 1.23 bits per heavy atom. The molecule has 0 radical (unpaired) electrons. The van der Waals surface area contributed by atoms with Crippen LogP contribution in [0.3, 0.4) is 0 Å². The van der Waals surface area contributed by atoms with E-state index in [4.69, 9.17) is 10.5 Å². The number of nitrogens with zero attached hydrogens (tertiary/aromatic N) is 3. The highest BCUT2D eigenvalue weighted by molar-refractivity contribution is 9.10. The summed E-state index contributed by atoms with van der Waals surface area (Å²) in [6.45, 7) is 9.85. The van der Waals surface area contributed by atoms with Gasteiger partial charge in [0, 0.05) is 20.1 Å². The van der Waals surface area contributed by atoms with Gasteiger partial charge in [-0.2, -0.15) is 5.10 Å². The van der Waals surface area contributed by atoms with Gasteiger partial charge in [0.05, 0.1) is 24.1 Å². The standard InChI is InChI=1S/C9H10O2.C6H8BrN3O.C6H11N.C2H6/c1-2-11-9(10)8-6-4-3-5-7-8;1-2-10-6(11)5(7)4(8)3-9-10;1-7-5-3-2-4-6-7;1-2/h3-7H,2H2,1H3;3H,2,8H2,1H3;3,5H,2,4,6H2,1H3;1-2H3. The zero-order chi connectivity index (χ0) is 23.6. The first-order chi connectivity index (χ1) is 14.9. The lowest BCUT2D eigenvalue weighted by Crippen LogP contribution is -2.23. The van der Waals surface area contributed by atoms with Crippen LogP contribution in [0.15, 0.2) is 58.1 Å². The van der Waals surface area contributed by atoms with E-state index in [1.165, 1.54) is 30.3 Å². The summed E-state index contributed by atoms with van der Waals surface area (Å²) in [5.41, 5.74) is 6.21. The lowest BCUT2D eigenvalue weighted by molar-refractivity contribution is 0.0526. The number of aromatic nitrogens is 2. The third-order valence-corrected chi connectivity index (χ3v) is 4.63. The molecular formula is C23H35BrN4O3. The highest BCUT2D eigenvalue weighted by atomic mass is 79.9. The van der Waals surface area contributed by atoms with Crippen molar-refractivity contribution < 1.29 is 9.53 Å². The van der Waals surface area contributed by atoms with E-state index < -0.39 is 0 Å². The van der Waals surface area contributed by atoms with Crippen LogP contribution in [0.2, 0.25) is 0 Å². The van der Waals surface area contributed by atoms with Crippen molar-refractivity contribution in [3.05, 3.63) is 69.2 Å². The number of hydrogen-bond donors (Lipinski definition) is 1. The van der Waals surface area contributed by atoms with Crippen LogP contribution in [0.25, 0.3) is 0 Å². The smallest absolute Gasteiger partial charge is 0.338 e. The number of halogens is 1. The number of benzene rings is 1. The molecule has 0 fully saturated rings. The molecule has 172 valence electrons. The fraction of sp³-hybridized carbons (Fsp3) is 0.435. The van der Waals surface area contributed by atoms with Gasteiger partial charge in [-0.15, -0.1) is 0 Å². The summed E-state index contributed by atoms with van der Waals surface area (Å²) in [5, 5.41) is 3.81. The van der Waals surface area contributed by atoms with Crippen molar-refractivity contribution in [1.82, 2.24) is 14.7 Å². The van der Waals surface area contributed by atoms with Gasteiger partial charge < -0.3 is 15.4 Å². The Morgan fingerprint density at radius 2 is 1.87 bits per heavy atom. The molecule has 0 amide bonds. The van der Waals surface area contributed by atoms with Gasteiger partial charge in [-0.1, -0.05) is 38.1 Å². The summed E-state index contributed by atoms with van der Waals surface area (Å²) in [7, 11) is 2.11. The molecule has 0 bridgehead atoms. The predicted octanol–water partition coefficient (Wildman–Crippen LogP) is 4.72. The van der Waals surface area contributed by atoms with Gasteiger partial charge in [-0.3, -0.25) is 4.79 Å². The Balaban J connectivity index is 0.000000428. The molecule has 0 spiro atoms. The first kappa shape index (κ1) is 28.4. The molecule has 2 N–H and O–H groups in total. The average Bonchev–Trinajstić information content (AvgIpc) is 2.81. The SMILES string of the molecule is CC.CCOC(=O)c1ccccc1.CCn1ncc(N)c(Br)c1=O.CN1C=CCCC1. The fourth-order valence-electron chi connectivity index (χ4n) is 2.28. The first-order valence-corrected chi connectivity index (χ1v) is 11.3. The number of carbonyl (C=O) groups excluding carboxylic acids is 1. The summed E-state index contributed by atoms with van der Waals surface area (Å²) >= 11 is 3.07. The Kier molecular flexibility index (Phi) is 15.7.